The van der Waals surface area contributed by atoms with Crippen molar-refractivity contribution in [2.75, 3.05) is 23.5 Å². The van der Waals surface area contributed by atoms with Crippen LogP contribution in [0.5, 0.6) is 0 Å². The highest BCUT2D eigenvalue weighted by Gasteiger charge is 2.16. The number of nitrogens with two attached hydrogens (primary N) is 1. The number of carbonyl (C=O) groups excluding carboxylic acids is 1. The Morgan fingerprint density at radius 1 is 1.28 bits per heavy atom. The minimum atomic E-state index is -0.724. The average molecular weight is 383 g/mol. The van der Waals surface area contributed by atoms with Crippen molar-refractivity contribution in [2.24, 2.45) is 0 Å². The lowest BCUT2D eigenvalue weighted by Gasteiger charge is -2.07. The highest BCUT2D eigenvalue weighted by molar-refractivity contribution is 6.42. The summed E-state index contributed by atoms with van der Waals surface area (Å²) in [6.45, 7) is 0.384. The van der Waals surface area contributed by atoms with Gasteiger partial charge in [-0.3, -0.25) is 0 Å². The van der Waals surface area contributed by atoms with Crippen molar-refractivity contribution in [2.45, 2.75) is 6.54 Å². The number of hydrogen-bond acceptors (Lipinski definition) is 8. The van der Waals surface area contributed by atoms with Gasteiger partial charge in [0.15, 0.2) is 11.3 Å². The van der Waals surface area contributed by atoms with Crippen molar-refractivity contribution in [3.05, 3.63) is 33.8 Å². The smallest absolute Gasteiger partial charge is 0.414 e. The molecule has 0 saturated carbocycles. The minimum absolute atomic E-state index is 0.00935. The number of anilines is 3. The first-order chi connectivity index (χ1) is 12.0. The molecule has 130 valence electrons. The van der Waals surface area contributed by atoms with Gasteiger partial charge in [-0.1, -0.05) is 29.3 Å². The van der Waals surface area contributed by atoms with Crippen LogP contribution in [0.15, 0.2) is 22.6 Å². The minimum Gasteiger partial charge on any atom is -0.453 e. The Bertz CT molecular complexity index is 946. The molecule has 0 fully saturated rings. The number of amides is 1. The summed E-state index contributed by atoms with van der Waals surface area (Å²) in [6.07, 6.45) is -0.724. The summed E-state index contributed by atoms with van der Waals surface area (Å²) >= 11 is 11.9. The van der Waals surface area contributed by atoms with Gasteiger partial charge in [-0.05, 0) is 17.7 Å². The van der Waals surface area contributed by atoms with E-state index in [2.05, 4.69) is 30.3 Å². The van der Waals surface area contributed by atoms with Gasteiger partial charge in [0.05, 0.1) is 17.2 Å². The van der Waals surface area contributed by atoms with Crippen LogP contribution in [0.1, 0.15) is 5.56 Å². The first-order valence-corrected chi connectivity index (χ1v) is 7.68. The molecule has 0 spiro atoms. The summed E-state index contributed by atoms with van der Waals surface area (Å²) in [5.41, 5.74) is 6.97. The summed E-state index contributed by atoms with van der Waals surface area (Å²) in [5, 5.41) is 6.29. The molecule has 2 aromatic heterocycles. The van der Waals surface area contributed by atoms with Crippen LogP contribution in [0, 0.1) is 0 Å². The Morgan fingerprint density at radius 2 is 2.08 bits per heavy atom. The molecule has 0 radical (unpaired) electrons. The molecule has 0 aliphatic rings. The monoisotopic (exact) mass is 382 g/mol. The summed E-state index contributed by atoms with van der Waals surface area (Å²) < 4.78 is 9.80. The fourth-order valence-corrected chi connectivity index (χ4v) is 2.31. The van der Waals surface area contributed by atoms with Gasteiger partial charge in [-0.25, -0.2) is 10.1 Å². The maximum atomic E-state index is 11.2. The number of nitrogen functional groups attached to an aromatic ring is 1. The quantitative estimate of drug-likeness (QED) is 0.626. The summed E-state index contributed by atoms with van der Waals surface area (Å²) in [5.74, 6) is 0.333. The van der Waals surface area contributed by atoms with E-state index in [0.29, 0.717) is 27.9 Å². The lowest BCUT2D eigenvalue weighted by molar-refractivity contribution is 0.186. The van der Waals surface area contributed by atoms with Gasteiger partial charge in [-0.2, -0.15) is 15.0 Å². The zero-order valence-electron chi connectivity index (χ0n) is 12.8. The molecule has 4 N–H and O–H groups in total. The number of benzene rings is 1. The number of hydrogen-bond donors (Lipinski definition) is 3. The van der Waals surface area contributed by atoms with Gasteiger partial charge in [-0.15, -0.1) is 0 Å². The SMILES string of the molecule is COC(=O)Nc1nc2c(NCc3ccc(Cl)c(Cl)c3)nc(N)nc2o1. The predicted molar refractivity (Wildman–Crippen MR) is 93.8 cm³/mol. The molecule has 0 bridgehead atoms. The van der Waals surface area contributed by atoms with Crippen molar-refractivity contribution in [3.8, 4) is 0 Å². The number of fused-ring (bicyclic) bond motifs is 1. The van der Waals surface area contributed by atoms with Gasteiger partial charge < -0.3 is 20.2 Å². The van der Waals surface area contributed by atoms with Crippen molar-refractivity contribution in [1.29, 1.82) is 0 Å². The maximum absolute atomic E-state index is 11.2. The first-order valence-electron chi connectivity index (χ1n) is 6.93. The van der Waals surface area contributed by atoms with Crippen molar-refractivity contribution in [1.82, 2.24) is 15.0 Å². The van der Waals surface area contributed by atoms with Gasteiger partial charge in [0.2, 0.25) is 5.95 Å². The van der Waals surface area contributed by atoms with Crippen LogP contribution < -0.4 is 16.4 Å². The Balaban J connectivity index is 1.86. The fraction of sp³-hybridized carbons (Fsp3) is 0.143. The van der Waals surface area contributed by atoms with Crippen molar-refractivity contribution >= 4 is 58.3 Å². The second-order valence-electron chi connectivity index (χ2n) is 4.82. The summed E-state index contributed by atoms with van der Waals surface area (Å²) in [7, 11) is 1.22. The van der Waals surface area contributed by atoms with Gasteiger partial charge in [0.25, 0.3) is 5.71 Å². The fourth-order valence-electron chi connectivity index (χ4n) is 1.99. The number of nitrogens with one attached hydrogen (secondary N) is 2. The van der Waals surface area contributed by atoms with Gasteiger partial charge >= 0.3 is 12.1 Å². The van der Waals surface area contributed by atoms with E-state index in [0.717, 1.165) is 5.56 Å². The number of ether oxygens (including phenoxy) is 1. The molecule has 0 unspecified atom stereocenters. The molecule has 3 rings (SSSR count). The van der Waals surface area contributed by atoms with E-state index in [9.17, 15) is 4.79 Å². The topological polar surface area (TPSA) is 128 Å². The lowest BCUT2D eigenvalue weighted by Crippen LogP contribution is -2.10. The van der Waals surface area contributed by atoms with Crippen LogP contribution in [0.2, 0.25) is 10.0 Å². The molecule has 0 atom stereocenters. The Labute approximate surface area is 151 Å². The zero-order valence-corrected chi connectivity index (χ0v) is 14.4. The molecule has 3 aromatic rings. The van der Waals surface area contributed by atoms with Crippen LogP contribution >= 0.6 is 23.2 Å². The molecule has 11 heteroatoms. The van der Waals surface area contributed by atoms with Gasteiger partial charge in [0, 0.05) is 6.54 Å². The number of carbonyl (C=O) groups is 1. The van der Waals surface area contributed by atoms with E-state index >= 15 is 0 Å². The molecule has 9 nitrogen and oxygen atoms in total. The Morgan fingerprint density at radius 3 is 2.80 bits per heavy atom. The number of oxazole rings is 1. The molecule has 1 aromatic carbocycles. The van der Waals surface area contributed by atoms with Crippen LogP contribution in [0.4, 0.5) is 22.6 Å². The molecular weight excluding hydrogens is 371 g/mol. The van der Waals surface area contributed by atoms with E-state index in [4.69, 9.17) is 33.4 Å². The highest BCUT2D eigenvalue weighted by atomic mass is 35.5. The standard InChI is InChI=1S/C14H12Cl2N6O3/c1-24-14(23)22-13-19-9-10(20-12(17)21-11(9)25-13)18-5-6-2-3-7(15)8(16)4-6/h2-4H,5H2,1H3,(H,19,22,23)(H3,17,18,20,21). The van der Waals surface area contributed by atoms with Crippen LogP contribution in [-0.4, -0.2) is 28.2 Å². The summed E-state index contributed by atoms with van der Waals surface area (Å²) in [6, 6.07) is 5.15. The number of nitrogens with zero attached hydrogens (tertiary/aromatic N) is 3. The second kappa shape index (κ2) is 6.99. The third kappa shape index (κ3) is 3.83. The Kier molecular flexibility index (Phi) is 4.77. The Hall–Kier alpha value is -2.78. The number of halogens is 2. The zero-order chi connectivity index (χ0) is 18.0. The van der Waals surface area contributed by atoms with E-state index in [1.807, 2.05) is 6.07 Å². The van der Waals surface area contributed by atoms with Crippen molar-refractivity contribution in [3.63, 3.8) is 0 Å². The molecule has 1 amide bonds. The molecule has 2 heterocycles. The first kappa shape index (κ1) is 17.1. The molecule has 0 saturated heterocycles. The molecule has 25 heavy (non-hydrogen) atoms. The molecule has 0 aliphatic carbocycles. The second-order valence-corrected chi connectivity index (χ2v) is 5.64. The summed E-state index contributed by atoms with van der Waals surface area (Å²) in [4.78, 5) is 23.4. The number of rotatable bonds is 4. The average Bonchev–Trinajstić information content (AvgIpc) is 2.97. The van der Waals surface area contributed by atoms with Crippen molar-refractivity contribution < 1.29 is 13.9 Å². The molecular formula is C14H12Cl2N6O3. The van der Waals surface area contributed by atoms with Gasteiger partial charge in [0.1, 0.15) is 0 Å². The third-order valence-corrected chi connectivity index (χ3v) is 3.85. The lowest BCUT2D eigenvalue weighted by atomic mass is 10.2. The normalized spacial score (nSPS) is 10.7. The van der Waals surface area contributed by atoms with E-state index in [1.165, 1.54) is 7.11 Å². The highest BCUT2D eigenvalue weighted by Crippen LogP contribution is 2.26. The maximum Gasteiger partial charge on any atom is 0.414 e. The third-order valence-electron chi connectivity index (χ3n) is 3.11. The number of methoxy groups -OCH3 is 1. The van der Waals surface area contributed by atoms with Crippen LogP contribution in [0.25, 0.3) is 11.2 Å². The molecule has 0 aliphatic heterocycles. The van der Waals surface area contributed by atoms with E-state index in [1.54, 1.807) is 12.1 Å². The predicted octanol–water partition coefficient (Wildman–Crippen LogP) is 3.30. The van der Waals surface area contributed by atoms with E-state index < -0.39 is 6.09 Å². The van der Waals surface area contributed by atoms with E-state index in [-0.39, 0.29) is 17.7 Å². The number of aromatic nitrogens is 3. The van der Waals surface area contributed by atoms with Crippen LogP contribution in [0.3, 0.4) is 0 Å². The largest absolute Gasteiger partial charge is 0.453 e. The van der Waals surface area contributed by atoms with Crippen LogP contribution in [-0.2, 0) is 11.3 Å².